The maximum atomic E-state index is 15.0. The number of ether oxygens (including phenoxy) is 1. The van der Waals surface area contributed by atoms with Crippen LogP contribution in [-0.2, 0) is 16.8 Å². The summed E-state index contributed by atoms with van der Waals surface area (Å²) in [5, 5.41) is 15.9. The van der Waals surface area contributed by atoms with Gasteiger partial charge in [-0.2, -0.15) is 0 Å². The van der Waals surface area contributed by atoms with Gasteiger partial charge >= 0.3 is 0 Å². The number of carbonyl (C=O) groups is 1. The third-order valence-electron chi connectivity index (χ3n) is 9.34. The predicted molar refractivity (Wildman–Crippen MR) is 157 cm³/mol. The van der Waals surface area contributed by atoms with Crippen LogP contribution < -0.4 is 10.1 Å². The largest absolute Gasteiger partial charge is 0.492 e. The van der Waals surface area contributed by atoms with Crippen molar-refractivity contribution in [2.75, 3.05) is 45.2 Å². The molecule has 1 aromatic heterocycles. The van der Waals surface area contributed by atoms with Gasteiger partial charge in [-0.15, -0.1) is 0 Å². The van der Waals surface area contributed by atoms with Gasteiger partial charge in [-0.25, -0.2) is 23.1 Å². The SMILES string of the molecule is Cc1nc(N[C@H](C)c2cccc(C(F)F)c2F)c2cc(C3(O)CCC(C(=O)N4CCN(C)CC4)CC3)c3c(c2n1)CCO3. The zero-order chi connectivity index (χ0) is 30.5. The molecule has 2 fully saturated rings. The number of fused-ring (bicyclic) bond motifs is 3. The highest BCUT2D eigenvalue weighted by Crippen LogP contribution is 2.48. The summed E-state index contributed by atoms with van der Waals surface area (Å²) < 4.78 is 47.8. The van der Waals surface area contributed by atoms with Crippen molar-refractivity contribution in [1.82, 2.24) is 19.8 Å². The Morgan fingerprint density at radius 2 is 1.84 bits per heavy atom. The lowest BCUT2D eigenvalue weighted by molar-refractivity contribution is -0.140. The predicted octanol–water partition coefficient (Wildman–Crippen LogP) is 5.27. The number of halogens is 3. The molecule has 0 spiro atoms. The zero-order valence-electron chi connectivity index (χ0n) is 24.8. The molecule has 11 heteroatoms. The highest BCUT2D eigenvalue weighted by Gasteiger charge is 2.42. The highest BCUT2D eigenvalue weighted by molar-refractivity contribution is 5.94. The molecule has 0 bridgehead atoms. The molecule has 1 amide bonds. The molecule has 2 N–H and O–H groups in total. The molecule has 1 saturated heterocycles. The van der Waals surface area contributed by atoms with Crippen molar-refractivity contribution in [3.05, 3.63) is 58.2 Å². The topological polar surface area (TPSA) is 90.8 Å². The Labute approximate surface area is 249 Å². The number of amides is 1. The minimum absolute atomic E-state index is 0.105. The Bertz CT molecular complexity index is 1530. The van der Waals surface area contributed by atoms with Gasteiger partial charge in [-0.05, 0) is 52.6 Å². The molecule has 230 valence electrons. The summed E-state index contributed by atoms with van der Waals surface area (Å²) >= 11 is 0. The molecular weight excluding hydrogens is 559 g/mol. The minimum Gasteiger partial charge on any atom is -0.492 e. The molecule has 1 atom stereocenters. The highest BCUT2D eigenvalue weighted by atomic mass is 19.3. The molecule has 0 radical (unpaired) electrons. The first-order valence-electron chi connectivity index (χ1n) is 15.1. The van der Waals surface area contributed by atoms with Crippen LogP contribution in [0.4, 0.5) is 19.0 Å². The van der Waals surface area contributed by atoms with Crippen LogP contribution in [0.5, 0.6) is 5.75 Å². The van der Waals surface area contributed by atoms with Crippen LogP contribution in [0.3, 0.4) is 0 Å². The van der Waals surface area contributed by atoms with Crippen LogP contribution in [0.15, 0.2) is 24.3 Å². The van der Waals surface area contributed by atoms with E-state index in [4.69, 9.17) is 9.72 Å². The van der Waals surface area contributed by atoms with E-state index in [0.29, 0.717) is 72.6 Å². The van der Waals surface area contributed by atoms with Gasteiger partial charge < -0.3 is 25.0 Å². The first kappa shape index (κ1) is 29.6. The molecule has 8 nitrogen and oxygen atoms in total. The van der Waals surface area contributed by atoms with E-state index >= 15 is 0 Å². The molecule has 3 aliphatic rings. The lowest BCUT2D eigenvalue weighted by Gasteiger charge is -2.40. The van der Waals surface area contributed by atoms with E-state index in [-0.39, 0.29) is 17.4 Å². The van der Waals surface area contributed by atoms with Crippen molar-refractivity contribution in [2.45, 2.75) is 64.0 Å². The molecule has 2 aliphatic heterocycles. The first-order valence-corrected chi connectivity index (χ1v) is 15.1. The van der Waals surface area contributed by atoms with Crippen LogP contribution in [0.25, 0.3) is 10.9 Å². The maximum Gasteiger partial charge on any atom is 0.266 e. The van der Waals surface area contributed by atoms with E-state index in [1.165, 1.54) is 12.1 Å². The maximum absolute atomic E-state index is 15.0. The van der Waals surface area contributed by atoms with E-state index in [9.17, 15) is 23.1 Å². The number of carbonyl (C=O) groups excluding carboxylic acids is 1. The second kappa shape index (κ2) is 11.6. The van der Waals surface area contributed by atoms with Gasteiger partial charge in [0.05, 0.1) is 29.3 Å². The van der Waals surface area contributed by atoms with Crippen molar-refractivity contribution < 1.29 is 27.8 Å². The number of aliphatic hydroxyl groups is 1. The van der Waals surface area contributed by atoms with Gasteiger partial charge in [0.15, 0.2) is 0 Å². The number of anilines is 1. The van der Waals surface area contributed by atoms with Crippen LogP contribution in [0.1, 0.15) is 73.2 Å². The van der Waals surface area contributed by atoms with Gasteiger partial charge in [0.25, 0.3) is 6.43 Å². The number of nitrogens with one attached hydrogen (secondary N) is 1. The summed E-state index contributed by atoms with van der Waals surface area (Å²) in [4.78, 5) is 26.7. The smallest absolute Gasteiger partial charge is 0.266 e. The normalized spacial score (nSPS) is 23.3. The molecule has 1 saturated carbocycles. The van der Waals surface area contributed by atoms with Crippen LogP contribution in [0.2, 0.25) is 0 Å². The fraction of sp³-hybridized carbons (Fsp3) is 0.531. The van der Waals surface area contributed by atoms with Crippen molar-refractivity contribution in [3.8, 4) is 5.75 Å². The van der Waals surface area contributed by atoms with Crippen molar-refractivity contribution >= 4 is 22.6 Å². The van der Waals surface area contributed by atoms with Crippen molar-refractivity contribution in [3.63, 3.8) is 0 Å². The summed E-state index contributed by atoms with van der Waals surface area (Å²) in [6.45, 7) is 7.09. The number of hydrogen-bond acceptors (Lipinski definition) is 7. The average Bonchev–Trinajstić information content (AvgIpc) is 3.47. The molecular formula is C32H38F3N5O3. The third kappa shape index (κ3) is 5.53. The van der Waals surface area contributed by atoms with E-state index < -0.39 is 29.4 Å². The molecule has 1 aliphatic carbocycles. The number of nitrogens with zero attached hydrogens (tertiary/aromatic N) is 4. The Morgan fingerprint density at radius 1 is 1.14 bits per heavy atom. The summed E-state index contributed by atoms with van der Waals surface area (Å²) in [5.74, 6) is 0.651. The summed E-state index contributed by atoms with van der Waals surface area (Å²) in [7, 11) is 2.06. The van der Waals surface area contributed by atoms with Crippen molar-refractivity contribution in [2.24, 2.45) is 5.92 Å². The quantitative estimate of drug-likeness (QED) is 0.400. The fourth-order valence-electron chi connectivity index (χ4n) is 6.79. The molecule has 0 unspecified atom stereocenters. The number of piperazine rings is 1. The van der Waals surface area contributed by atoms with Gasteiger partial charge in [0.1, 0.15) is 23.2 Å². The number of alkyl halides is 2. The monoisotopic (exact) mass is 597 g/mol. The van der Waals surface area contributed by atoms with Crippen molar-refractivity contribution in [1.29, 1.82) is 0 Å². The van der Waals surface area contributed by atoms with E-state index in [1.54, 1.807) is 13.8 Å². The van der Waals surface area contributed by atoms with Gasteiger partial charge in [0, 0.05) is 60.6 Å². The van der Waals surface area contributed by atoms with E-state index in [1.807, 2.05) is 11.0 Å². The van der Waals surface area contributed by atoms with E-state index in [0.717, 1.165) is 37.8 Å². The molecule has 2 aromatic carbocycles. The van der Waals surface area contributed by atoms with Crippen LogP contribution >= 0.6 is 0 Å². The minimum atomic E-state index is -2.92. The molecule has 43 heavy (non-hydrogen) atoms. The Morgan fingerprint density at radius 3 is 2.53 bits per heavy atom. The number of rotatable bonds is 6. The van der Waals surface area contributed by atoms with Gasteiger partial charge in [0.2, 0.25) is 5.91 Å². The number of benzene rings is 2. The number of aromatic nitrogens is 2. The third-order valence-corrected chi connectivity index (χ3v) is 9.34. The molecule has 3 heterocycles. The van der Waals surface area contributed by atoms with E-state index in [2.05, 4.69) is 22.2 Å². The Balaban J connectivity index is 1.31. The summed E-state index contributed by atoms with van der Waals surface area (Å²) in [5.41, 5.74) is 0.468. The molecule has 3 aromatic rings. The lowest BCUT2D eigenvalue weighted by atomic mass is 9.74. The Kier molecular flexibility index (Phi) is 7.97. The number of likely N-dealkylation sites (N-methyl/N-ethyl adjacent to an activating group) is 1. The number of hydrogen-bond donors (Lipinski definition) is 2. The van der Waals surface area contributed by atoms with Crippen LogP contribution in [0, 0.1) is 18.7 Å². The fourth-order valence-corrected chi connectivity index (χ4v) is 6.79. The second-order valence-corrected chi connectivity index (χ2v) is 12.2. The van der Waals surface area contributed by atoms with Crippen LogP contribution in [-0.4, -0.2) is 70.6 Å². The Hall–Kier alpha value is -3.44. The average molecular weight is 598 g/mol. The summed E-state index contributed by atoms with van der Waals surface area (Å²) in [6.07, 6.45) is -0.350. The van der Waals surface area contributed by atoms with Gasteiger partial charge in [-0.3, -0.25) is 4.79 Å². The standard InChI is InChI=1S/C32H38F3N5O3/c1-18(21-5-4-6-22(26(21)33)29(34)35)36-30-24-17-25(28-23(9-16-43-28)27(24)37-19(2)38-30)32(42)10-7-20(8-11-32)31(41)40-14-12-39(3)13-15-40/h4-6,17-18,20,29,42H,7-16H2,1-3H3,(H,36,37,38)/t18-,20?,32?/m1/s1. The molecule has 6 rings (SSSR count). The number of aryl methyl sites for hydroxylation is 1. The summed E-state index contributed by atoms with van der Waals surface area (Å²) in [6, 6.07) is 5.16. The first-order chi connectivity index (χ1) is 20.6. The second-order valence-electron chi connectivity index (χ2n) is 12.2. The van der Waals surface area contributed by atoms with Gasteiger partial charge in [-0.1, -0.05) is 18.2 Å². The zero-order valence-corrected chi connectivity index (χ0v) is 24.8. The lowest BCUT2D eigenvalue weighted by Crippen LogP contribution is -2.50.